The first-order valence-electron chi connectivity index (χ1n) is 7.08. The number of nitro benzene ring substituents is 1. The van der Waals surface area contributed by atoms with Crippen LogP contribution in [0.15, 0.2) is 42.5 Å². The molecule has 0 saturated heterocycles. The molecule has 0 atom stereocenters. The van der Waals surface area contributed by atoms with Crippen molar-refractivity contribution in [3.63, 3.8) is 0 Å². The molecule has 6 heteroatoms. The van der Waals surface area contributed by atoms with Crippen molar-refractivity contribution in [3.05, 3.63) is 63.7 Å². The normalized spacial score (nSPS) is 11.1. The van der Waals surface area contributed by atoms with E-state index in [1.54, 1.807) is 12.1 Å². The van der Waals surface area contributed by atoms with Crippen LogP contribution in [0.5, 0.6) is 5.75 Å². The van der Waals surface area contributed by atoms with Gasteiger partial charge in [-0.25, -0.2) is 0 Å². The molecular formula is C17H18N2O4. The van der Waals surface area contributed by atoms with E-state index in [0.29, 0.717) is 5.69 Å². The van der Waals surface area contributed by atoms with E-state index >= 15 is 0 Å². The molecule has 120 valence electrons. The van der Waals surface area contributed by atoms with Crippen molar-refractivity contribution in [2.24, 2.45) is 0 Å². The predicted molar refractivity (Wildman–Crippen MR) is 87.9 cm³/mol. The highest BCUT2D eigenvalue weighted by atomic mass is 16.6. The molecule has 0 radical (unpaired) electrons. The lowest BCUT2D eigenvalue weighted by Crippen LogP contribution is -2.14. The van der Waals surface area contributed by atoms with Gasteiger partial charge in [0.1, 0.15) is 0 Å². The van der Waals surface area contributed by atoms with Crippen molar-refractivity contribution < 1.29 is 14.8 Å². The van der Waals surface area contributed by atoms with Gasteiger partial charge in [0, 0.05) is 11.8 Å². The number of nitrogens with one attached hydrogen (secondary N) is 1. The zero-order valence-corrected chi connectivity index (χ0v) is 13.2. The molecule has 1 amide bonds. The van der Waals surface area contributed by atoms with E-state index in [-0.39, 0.29) is 11.0 Å². The smallest absolute Gasteiger partial charge is 0.311 e. The lowest BCUT2D eigenvalue weighted by molar-refractivity contribution is -0.385. The third-order valence-electron chi connectivity index (χ3n) is 3.46. The van der Waals surface area contributed by atoms with E-state index < -0.39 is 22.3 Å². The maximum atomic E-state index is 12.2. The van der Waals surface area contributed by atoms with Crippen molar-refractivity contribution in [1.29, 1.82) is 0 Å². The van der Waals surface area contributed by atoms with Gasteiger partial charge in [-0.3, -0.25) is 14.9 Å². The second kappa shape index (κ2) is 6.08. The summed E-state index contributed by atoms with van der Waals surface area (Å²) in [6.07, 6.45) is 0. The fourth-order valence-electron chi connectivity index (χ4n) is 2.11. The minimum Gasteiger partial charge on any atom is -0.502 e. The van der Waals surface area contributed by atoms with Crippen LogP contribution in [0.1, 0.15) is 36.7 Å². The summed E-state index contributed by atoms with van der Waals surface area (Å²) in [5.41, 5.74) is 1.03. The van der Waals surface area contributed by atoms with Crippen LogP contribution in [0.3, 0.4) is 0 Å². The van der Waals surface area contributed by atoms with Gasteiger partial charge >= 0.3 is 5.69 Å². The zero-order valence-electron chi connectivity index (χ0n) is 13.2. The van der Waals surface area contributed by atoms with Crippen LogP contribution < -0.4 is 5.32 Å². The average molecular weight is 314 g/mol. The number of para-hydroxylation sites is 1. The van der Waals surface area contributed by atoms with E-state index in [0.717, 1.165) is 11.6 Å². The largest absolute Gasteiger partial charge is 0.502 e. The third-order valence-corrected chi connectivity index (χ3v) is 3.46. The molecule has 6 nitrogen and oxygen atoms in total. The minimum atomic E-state index is -0.732. The number of phenolic OH excluding ortho intramolecular Hbond substituents is 1. The Bertz CT molecular complexity index is 746. The van der Waals surface area contributed by atoms with Crippen LogP contribution in [-0.4, -0.2) is 15.9 Å². The summed E-state index contributed by atoms with van der Waals surface area (Å²) in [6, 6.07) is 11.2. The van der Waals surface area contributed by atoms with Crippen molar-refractivity contribution in [1.82, 2.24) is 0 Å². The number of amides is 1. The fourth-order valence-corrected chi connectivity index (χ4v) is 2.11. The number of aromatic hydroxyl groups is 1. The average Bonchev–Trinajstić information content (AvgIpc) is 2.46. The molecule has 0 saturated carbocycles. The zero-order chi connectivity index (χ0) is 17.2. The van der Waals surface area contributed by atoms with Crippen LogP contribution in [0.25, 0.3) is 0 Å². The quantitative estimate of drug-likeness (QED) is 0.664. The molecule has 2 aromatic carbocycles. The van der Waals surface area contributed by atoms with E-state index in [1.165, 1.54) is 12.1 Å². The highest BCUT2D eigenvalue weighted by Crippen LogP contribution is 2.30. The molecule has 23 heavy (non-hydrogen) atoms. The van der Waals surface area contributed by atoms with E-state index in [1.807, 2.05) is 12.1 Å². The van der Waals surface area contributed by atoms with E-state index in [4.69, 9.17) is 0 Å². The number of hydrogen-bond acceptors (Lipinski definition) is 4. The first kappa shape index (κ1) is 16.5. The van der Waals surface area contributed by atoms with Gasteiger partial charge in [0.15, 0.2) is 0 Å². The molecule has 0 aromatic heterocycles. The Balaban J connectivity index is 2.23. The second-order valence-corrected chi connectivity index (χ2v) is 6.21. The summed E-state index contributed by atoms with van der Waals surface area (Å²) >= 11 is 0. The Morgan fingerprint density at radius 1 is 1.13 bits per heavy atom. The van der Waals surface area contributed by atoms with E-state index in [9.17, 15) is 20.0 Å². The van der Waals surface area contributed by atoms with Crippen molar-refractivity contribution in [2.75, 3.05) is 5.32 Å². The summed E-state index contributed by atoms with van der Waals surface area (Å²) < 4.78 is 0. The summed E-state index contributed by atoms with van der Waals surface area (Å²) in [4.78, 5) is 22.3. The van der Waals surface area contributed by atoms with Crippen LogP contribution in [0.2, 0.25) is 0 Å². The standard InChI is InChI=1S/C17H18N2O4/c1-17(2,3)11-7-9-12(10-8-11)18-16(21)13-5-4-6-14(15(13)20)19(22)23/h4-10,20H,1-3H3,(H,18,21). The lowest BCUT2D eigenvalue weighted by Gasteiger charge is -2.19. The molecule has 0 fully saturated rings. The first-order valence-corrected chi connectivity index (χ1v) is 7.08. The van der Waals surface area contributed by atoms with Gasteiger partial charge in [-0.1, -0.05) is 39.0 Å². The second-order valence-electron chi connectivity index (χ2n) is 6.21. The maximum absolute atomic E-state index is 12.2. The molecule has 0 aliphatic rings. The van der Waals surface area contributed by atoms with Crippen molar-refractivity contribution >= 4 is 17.3 Å². The predicted octanol–water partition coefficient (Wildman–Crippen LogP) is 3.85. The van der Waals surface area contributed by atoms with E-state index in [2.05, 4.69) is 26.1 Å². The SMILES string of the molecule is CC(C)(C)c1ccc(NC(=O)c2cccc([N+](=O)[O-])c2O)cc1. The van der Waals surface area contributed by atoms with Crippen LogP contribution >= 0.6 is 0 Å². The molecule has 2 aromatic rings. The molecule has 0 bridgehead atoms. The Hall–Kier alpha value is -2.89. The fraction of sp³-hybridized carbons (Fsp3) is 0.235. The number of carbonyl (C=O) groups excluding carboxylic acids is 1. The summed E-state index contributed by atoms with van der Waals surface area (Å²) in [6.45, 7) is 6.26. The van der Waals surface area contributed by atoms with Gasteiger partial charge in [-0.05, 0) is 29.2 Å². The summed E-state index contributed by atoms with van der Waals surface area (Å²) in [5.74, 6) is -1.24. The molecule has 0 heterocycles. The third kappa shape index (κ3) is 3.66. The number of nitrogens with zero attached hydrogens (tertiary/aromatic N) is 1. The van der Waals surface area contributed by atoms with Gasteiger partial charge in [0.05, 0.1) is 10.5 Å². The molecule has 0 spiro atoms. The molecular weight excluding hydrogens is 296 g/mol. The number of rotatable bonds is 3. The van der Waals surface area contributed by atoms with Crippen molar-refractivity contribution in [3.8, 4) is 5.75 Å². The number of hydrogen-bond donors (Lipinski definition) is 2. The topological polar surface area (TPSA) is 92.5 Å². The number of carbonyl (C=O) groups is 1. The van der Waals surface area contributed by atoms with Gasteiger partial charge < -0.3 is 10.4 Å². The van der Waals surface area contributed by atoms with Crippen LogP contribution in [-0.2, 0) is 5.41 Å². The van der Waals surface area contributed by atoms with Gasteiger partial charge in [0.25, 0.3) is 5.91 Å². The number of phenols is 1. The van der Waals surface area contributed by atoms with Gasteiger partial charge in [-0.15, -0.1) is 0 Å². The summed E-state index contributed by atoms with van der Waals surface area (Å²) in [5, 5.41) is 23.3. The van der Waals surface area contributed by atoms with Crippen LogP contribution in [0.4, 0.5) is 11.4 Å². The monoisotopic (exact) mass is 314 g/mol. The molecule has 0 unspecified atom stereocenters. The Morgan fingerprint density at radius 2 is 1.74 bits per heavy atom. The number of benzene rings is 2. The number of anilines is 1. The Morgan fingerprint density at radius 3 is 2.26 bits per heavy atom. The number of nitro groups is 1. The Labute approximate surface area is 133 Å². The highest BCUT2D eigenvalue weighted by Gasteiger charge is 2.21. The lowest BCUT2D eigenvalue weighted by atomic mass is 9.87. The molecule has 0 aliphatic carbocycles. The molecule has 0 aliphatic heterocycles. The molecule has 2 rings (SSSR count). The van der Waals surface area contributed by atoms with Gasteiger partial charge in [-0.2, -0.15) is 0 Å². The van der Waals surface area contributed by atoms with Crippen molar-refractivity contribution in [2.45, 2.75) is 26.2 Å². The van der Waals surface area contributed by atoms with Crippen LogP contribution in [0, 0.1) is 10.1 Å². The minimum absolute atomic E-state index is 0.000842. The molecule has 2 N–H and O–H groups in total. The Kier molecular flexibility index (Phi) is 4.36. The highest BCUT2D eigenvalue weighted by molar-refractivity contribution is 6.06. The summed E-state index contributed by atoms with van der Waals surface area (Å²) in [7, 11) is 0. The van der Waals surface area contributed by atoms with Gasteiger partial charge in [0.2, 0.25) is 5.75 Å². The first-order chi connectivity index (χ1) is 10.7. The maximum Gasteiger partial charge on any atom is 0.311 e.